The number of benzene rings is 1. The Morgan fingerprint density at radius 2 is 2.05 bits per heavy atom. The van der Waals surface area contributed by atoms with Gasteiger partial charge < -0.3 is 19.5 Å². The maximum absolute atomic E-state index is 5.44. The lowest BCUT2D eigenvalue weighted by Crippen LogP contribution is -2.46. The fourth-order valence-corrected chi connectivity index (χ4v) is 3.04. The van der Waals surface area contributed by atoms with E-state index in [0.717, 1.165) is 48.6 Å². The number of nitrogens with one attached hydrogen (secondary N) is 1. The van der Waals surface area contributed by atoms with Gasteiger partial charge in [0.1, 0.15) is 0 Å². The van der Waals surface area contributed by atoms with Crippen LogP contribution in [0.3, 0.4) is 0 Å². The third kappa shape index (κ3) is 2.88. The van der Waals surface area contributed by atoms with Crippen LogP contribution in [0.4, 0.5) is 0 Å². The molecule has 2 aliphatic heterocycles. The van der Waals surface area contributed by atoms with Crippen LogP contribution in [0.15, 0.2) is 16.6 Å². The number of ether oxygens (including phenoxy) is 3. The lowest BCUT2D eigenvalue weighted by atomic mass is 9.92. The van der Waals surface area contributed by atoms with E-state index in [9.17, 15) is 0 Å². The minimum Gasteiger partial charge on any atom is -0.454 e. The van der Waals surface area contributed by atoms with E-state index in [2.05, 4.69) is 34.2 Å². The Morgan fingerprint density at radius 3 is 2.84 bits per heavy atom. The van der Waals surface area contributed by atoms with Crippen molar-refractivity contribution in [2.24, 2.45) is 0 Å². The standard InChI is InChI=1S/C14H18BrNO3/c1-14(2-4-17-5-3-14)16-8-10-6-11(15)13-12(7-10)18-9-19-13/h6-7,16H,2-5,8-9H2,1H3. The molecule has 1 aromatic rings. The molecule has 2 heterocycles. The molecule has 1 saturated heterocycles. The molecule has 0 saturated carbocycles. The highest BCUT2D eigenvalue weighted by atomic mass is 79.9. The molecule has 0 amide bonds. The van der Waals surface area contributed by atoms with Crippen LogP contribution in [0, 0.1) is 0 Å². The zero-order valence-corrected chi connectivity index (χ0v) is 12.6. The molecular formula is C14H18BrNO3. The van der Waals surface area contributed by atoms with Crippen LogP contribution in [0.5, 0.6) is 11.5 Å². The normalized spacial score (nSPS) is 20.5. The van der Waals surface area contributed by atoms with Crippen LogP contribution in [-0.4, -0.2) is 25.5 Å². The second kappa shape index (κ2) is 5.31. The lowest BCUT2D eigenvalue weighted by molar-refractivity contribution is 0.0446. The molecule has 104 valence electrons. The maximum Gasteiger partial charge on any atom is 0.231 e. The van der Waals surface area contributed by atoms with Gasteiger partial charge in [0.2, 0.25) is 6.79 Å². The topological polar surface area (TPSA) is 39.7 Å². The van der Waals surface area contributed by atoms with E-state index in [4.69, 9.17) is 14.2 Å². The fraction of sp³-hybridized carbons (Fsp3) is 0.571. The van der Waals surface area contributed by atoms with E-state index in [1.165, 1.54) is 5.56 Å². The van der Waals surface area contributed by atoms with Gasteiger partial charge in [0.25, 0.3) is 0 Å². The van der Waals surface area contributed by atoms with Crippen molar-refractivity contribution in [2.45, 2.75) is 31.8 Å². The summed E-state index contributed by atoms with van der Waals surface area (Å²) in [6, 6.07) is 4.13. The van der Waals surface area contributed by atoms with E-state index in [-0.39, 0.29) is 5.54 Å². The summed E-state index contributed by atoms with van der Waals surface area (Å²) in [5.41, 5.74) is 1.37. The van der Waals surface area contributed by atoms with Crippen molar-refractivity contribution in [1.82, 2.24) is 5.32 Å². The van der Waals surface area contributed by atoms with Crippen molar-refractivity contribution < 1.29 is 14.2 Å². The number of rotatable bonds is 3. The van der Waals surface area contributed by atoms with Crippen LogP contribution in [-0.2, 0) is 11.3 Å². The highest BCUT2D eigenvalue weighted by molar-refractivity contribution is 9.10. The minimum absolute atomic E-state index is 0.168. The molecule has 0 bridgehead atoms. The minimum atomic E-state index is 0.168. The van der Waals surface area contributed by atoms with Gasteiger partial charge in [-0.3, -0.25) is 0 Å². The molecule has 0 atom stereocenters. The second-order valence-electron chi connectivity index (χ2n) is 5.34. The van der Waals surface area contributed by atoms with Gasteiger partial charge in [0.05, 0.1) is 4.47 Å². The van der Waals surface area contributed by atoms with Crippen LogP contribution < -0.4 is 14.8 Å². The molecule has 0 unspecified atom stereocenters. The van der Waals surface area contributed by atoms with Crippen LogP contribution in [0.1, 0.15) is 25.3 Å². The van der Waals surface area contributed by atoms with Gasteiger partial charge in [-0.15, -0.1) is 0 Å². The largest absolute Gasteiger partial charge is 0.454 e. The van der Waals surface area contributed by atoms with Crippen molar-refractivity contribution in [3.63, 3.8) is 0 Å². The molecular weight excluding hydrogens is 310 g/mol. The summed E-state index contributed by atoms with van der Waals surface area (Å²) < 4.78 is 17.2. The lowest BCUT2D eigenvalue weighted by Gasteiger charge is -2.34. The van der Waals surface area contributed by atoms with Gasteiger partial charge in [-0.05, 0) is 53.4 Å². The molecule has 5 heteroatoms. The van der Waals surface area contributed by atoms with E-state index in [1.807, 2.05) is 6.07 Å². The van der Waals surface area contributed by atoms with Crippen molar-refractivity contribution in [2.75, 3.05) is 20.0 Å². The van der Waals surface area contributed by atoms with Gasteiger partial charge in [-0.2, -0.15) is 0 Å². The van der Waals surface area contributed by atoms with E-state index in [0.29, 0.717) is 6.79 Å². The fourth-order valence-electron chi connectivity index (χ4n) is 2.44. The molecule has 2 aliphatic rings. The summed E-state index contributed by atoms with van der Waals surface area (Å²) in [4.78, 5) is 0. The van der Waals surface area contributed by atoms with Gasteiger partial charge >= 0.3 is 0 Å². The van der Waals surface area contributed by atoms with Gasteiger partial charge in [-0.1, -0.05) is 0 Å². The summed E-state index contributed by atoms with van der Waals surface area (Å²) >= 11 is 3.52. The average molecular weight is 328 g/mol. The van der Waals surface area contributed by atoms with Crippen LogP contribution in [0.2, 0.25) is 0 Å². The third-order valence-corrected chi connectivity index (χ3v) is 4.39. The number of fused-ring (bicyclic) bond motifs is 1. The summed E-state index contributed by atoms with van der Waals surface area (Å²) in [6.45, 7) is 5.08. The molecule has 19 heavy (non-hydrogen) atoms. The van der Waals surface area contributed by atoms with Gasteiger partial charge in [-0.25, -0.2) is 0 Å². The summed E-state index contributed by atoms with van der Waals surface area (Å²) in [5.74, 6) is 1.63. The average Bonchev–Trinajstić information content (AvgIpc) is 2.86. The first-order chi connectivity index (χ1) is 9.16. The molecule has 3 rings (SSSR count). The summed E-state index contributed by atoms with van der Waals surface area (Å²) in [7, 11) is 0. The van der Waals surface area contributed by atoms with E-state index >= 15 is 0 Å². The monoisotopic (exact) mass is 327 g/mol. The highest BCUT2D eigenvalue weighted by Gasteiger charge is 2.27. The smallest absolute Gasteiger partial charge is 0.231 e. The van der Waals surface area contributed by atoms with Crippen molar-refractivity contribution in [3.8, 4) is 11.5 Å². The van der Waals surface area contributed by atoms with E-state index in [1.54, 1.807) is 0 Å². The molecule has 1 N–H and O–H groups in total. The number of halogens is 1. The van der Waals surface area contributed by atoms with Gasteiger partial charge in [0.15, 0.2) is 11.5 Å². The van der Waals surface area contributed by atoms with E-state index < -0.39 is 0 Å². The molecule has 0 spiro atoms. The van der Waals surface area contributed by atoms with Crippen molar-refractivity contribution in [1.29, 1.82) is 0 Å². The molecule has 0 radical (unpaired) electrons. The Balaban J connectivity index is 1.68. The number of hydrogen-bond donors (Lipinski definition) is 1. The quantitative estimate of drug-likeness (QED) is 0.926. The molecule has 0 aliphatic carbocycles. The molecule has 1 aromatic carbocycles. The molecule has 4 nitrogen and oxygen atoms in total. The van der Waals surface area contributed by atoms with Crippen LogP contribution in [0.25, 0.3) is 0 Å². The molecule has 1 fully saturated rings. The Bertz CT molecular complexity index is 472. The first kappa shape index (κ1) is 13.2. The third-order valence-electron chi connectivity index (χ3n) is 3.80. The first-order valence-corrected chi connectivity index (χ1v) is 7.36. The predicted molar refractivity (Wildman–Crippen MR) is 75.6 cm³/mol. The zero-order valence-electron chi connectivity index (χ0n) is 11.0. The van der Waals surface area contributed by atoms with Gasteiger partial charge in [0, 0.05) is 25.3 Å². The first-order valence-electron chi connectivity index (χ1n) is 6.57. The Hall–Kier alpha value is -0.780. The number of hydrogen-bond acceptors (Lipinski definition) is 4. The van der Waals surface area contributed by atoms with Crippen molar-refractivity contribution >= 4 is 15.9 Å². The molecule has 0 aromatic heterocycles. The second-order valence-corrected chi connectivity index (χ2v) is 6.19. The summed E-state index contributed by atoms with van der Waals surface area (Å²) in [6.07, 6.45) is 2.11. The summed E-state index contributed by atoms with van der Waals surface area (Å²) in [5, 5.41) is 3.64. The SMILES string of the molecule is CC1(NCc2cc(Br)c3c(c2)OCO3)CCOCC1. The Labute approximate surface area is 121 Å². The van der Waals surface area contributed by atoms with Crippen LogP contribution >= 0.6 is 15.9 Å². The maximum atomic E-state index is 5.44. The Kier molecular flexibility index (Phi) is 3.69. The highest BCUT2D eigenvalue weighted by Crippen LogP contribution is 2.40. The zero-order chi connectivity index (χ0) is 13.3. The Morgan fingerprint density at radius 1 is 1.26 bits per heavy atom. The predicted octanol–water partition coefficient (Wildman–Crippen LogP) is 2.84. The van der Waals surface area contributed by atoms with Crippen molar-refractivity contribution in [3.05, 3.63) is 22.2 Å².